The lowest BCUT2D eigenvalue weighted by atomic mass is 10.3. The summed E-state index contributed by atoms with van der Waals surface area (Å²) in [6, 6.07) is 0.808. The predicted octanol–water partition coefficient (Wildman–Crippen LogP) is 2.15. The Bertz CT molecular complexity index is 325. The summed E-state index contributed by atoms with van der Waals surface area (Å²) in [5.41, 5.74) is 0. The van der Waals surface area contributed by atoms with E-state index in [-0.39, 0.29) is 0 Å². The molecule has 0 saturated heterocycles. The third-order valence-electron chi connectivity index (χ3n) is 2.66. The summed E-state index contributed by atoms with van der Waals surface area (Å²) in [7, 11) is 0. The molecule has 0 amide bonds. The zero-order valence-corrected chi connectivity index (χ0v) is 11.3. The van der Waals surface area contributed by atoms with Gasteiger partial charge in [-0.05, 0) is 32.2 Å². The van der Waals surface area contributed by atoms with Crippen molar-refractivity contribution < 1.29 is 4.74 Å². The van der Waals surface area contributed by atoms with Crippen LogP contribution in [0.4, 0.5) is 0 Å². The first-order valence-electron chi connectivity index (χ1n) is 6.51. The summed E-state index contributed by atoms with van der Waals surface area (Å²) >= 11 is 1.68. The first-order chi connectivity index (χ1) is 8.38. The van der Waals surface area contributed by atoms with Gasteiger partial charge in [0.15, 0.2) is 0 Å². The lowest BCUT2D eigenvalue weighted by molar-refractivity contribution is 0.121. The number of nitrogens with zero attached hydrogens (tertiary/aromatic N) is 2. The molecule has 0 aliphatic heterocycles. The molecule has 2 rings (SSSR count). The highest BCUT2D eigenvalue weighted by molar-refractivity contribution is 7.11. The molecule has 0 aromatic carbocycles. The van der Waals surface area contributed by atoms with Gasteiger partial charge in [0.05, 0.1) is 0 Å². The Labute approximate surface area is 107 Å². The molecule has 17 heavy (non-hydrogen) atoms. The molecule has 1 heterocycles. The quantitative estimate of drug-likeness (QED) is 0.687. The van der Waals surface area contributed by atoms with Crippen LogP contribution in [0.25, 0.3) is 0 Å². The van der Waals surface area contributed by atoms with Crippen molar-refractivity contribution in [2.45, 2.75) is 51.7 Å². The molecule has 5 heteroatoms. The van der Waals surface area contributed by atoms with Gasteiger partial charge in [0.1, 0.15) is 16.6 Å². The maximum Gasteiger partial charge on any atom is 0.143 e. The maximum atomic E-state index is 5.44. The van der Waals surface area contributed by atoms with Gasteiger partial charge in [0.25, 0.3) is 0 Å². The molecule has 0 unspecified atom stereocenters. The Morgan fingerprint density at radius 1 is 1.35 bits per heavy atom. The van der Waals surface area contributed by atoms with E-state index in [2.05, 4.69) is 22.4 Å². The van der Waals surface area contributed by atoms with Gasteiger partial charge in [0.2, 0.25) is 0 Å². The largest absolute Gasteiger partial charge is 0.374 e. The van der Waals surface area contributed by atoms with Gasteiger partial charge in [-0.25, -0.2) is 0 Å². The molecule has 1 aromatic heterocycles. The Kier molecular flexibility index (Phi) is 5.35. The monoisotopic (exact) mass is 255 g/mol. The van der Waals surface area contributed by atoms with Gasteiger partial charge in [-0.3, -0.25) is 0 Å². The molecule has 1 aromatic rings. The molecule has 1 aliphatic carbocycles. The number of aryl methyl sites for hydroxylation is 1. The van der Waals surface area contributed by atoms with Crippen molar-refractivity contribution in [1.29, 1.82) is 0 Å². The molecular formula is C12H21N3OS. The molecule has 4 nitrogen and oxygen atoms in total. The standard InChI is InChI=1S/C12H21N3OS/c1-2-8-16-9-12-15-14-11(17-12)4-3-7-13-10-5-6-10/h10,13H,2-9H2,1H3. The van der Waals surface area contributed by atoms with Crippen molar-refractivity contribution in [2.24, 2.45) is 0 Å². The zero-order valence-electron chi connectivity index (χ0n) is 10.4. The summed E-state index contributed by atoms with van der Waals surface area (Å²) in [4.78, 5) is 0. The fraction of sp³-hybridized carbons (Fsp3) is 0.833. The Morgan fingerprint density at radius 2 is 2.18 bits per heavy atom. The van der Waals surface area contributed by atoms with E-state index in [0.29, 0.717) is 6.61 Å². The van der Waals surface area contributed by atoms with Crippen molar-refractivity contribution in [3.8, 4) is 0 Å². The Hall–Kier alpha value is -0.520. The van der Waals surface area contributed by atoms with Crippen LogP contribution in [0.15, 0.2) is 0 Å². The van der Waals surface area contributed by atoms with Crippen LogP contribution in [0.1, 0.15) is 42.6 Å². The Morgan fingerprint density at radius 3 is 2.94 bits per heavy atom. The third-order valence-corrected chi connectivity index (χ3v) is 3.62. The molecule has 1 fully saturated rings. The number of ether oxygens (including phenoxy) is 1. The minimum Gasteiger partial charge on any atom is -0.374 e. The van der Waals surface area contributed by atoms with Crippen LogP contribution in [-0.4, -0.2) is 29.4 Å². The molecule has 0 bridgehead atoms. The summed E-state index contributed by atoms with van der Waals surface area (Å²) < 4.78 is 5.44. The molecule has 1 aliphatic rings. The second-order valence-electron chi connectivity index (χ2n) is 4.47. The topological polar surface area (TPSA) is 47.0 Å². The summed E-state index contributed by atoms with van der Waals surface area (Å²) in [5, 5.41) is 14.0. The second-order valence-corrected chi connectivity index (χ2v) is 5.62. The third kappa shape index (κ3) is 5.10. The smallest absolute Gasteiger partial charge is 0.143 e. The van der Waals surface area contributed by atoms with Crippen LogP contribution >= 0.6 is 11.3 Å². The molecule has 1 N–H and O–H groups in total. The first kappa shape index (κ1) is 12.9. The van der Waals surface area contributed by atoms with Crippen molar-refractivity contribution in [1.82, 2.24) is 15.5 Å². The van der Waals surface area contributed by atoms with Crippen molar-refractivity contribution in [3.63, 3.8) is 0 Å². The molecule has 0 atom stereocenters. The van der Waals surface area contributed by atoms with E-state index in [1.165, 1.54) is 12.8 Å². The molecule has 0 radical (unpaired) electrons. The minimum absolute atomic E-state index is 0.617. The molecule has 96 valence electrons. The predicted molar refractivity (Wildman–Crippen MR) is 69.2 cm³/mol. The van der Waals surface area contributed by atoms with Crippen molar-refractivity contribution in [2.75, 3.05) is 13.2 Å². The minimum atomic E-state index is 0.617. The number of hydrogen-bond donors (Lipinski definition) is 1. The second kappa shape index (κ2) is 7.03. The highest BCUT2D eigenvalue weighted by atomic mass is 32.1. The number of hydrogen-bond acceptors (Lipinski definition) is 5. The van der Waals surface area contributed by atoms with Crippen LogP contribution in [-0.2, 0) is 17.8 Å². The zero-order chi connectivity index (χ0) is 11.9. The van der Waals surface area contributed by atoms with E-state index < -0.39 is 0 Å². The first-order valence-corrected chi connectivity index (χ1v) is 7.32. The average Bonchev–Trinajstić information content (AvgIpc) is 3.05. The van der Waals surface area contributed by atoms with Crippen LogP contribution in [0.2, 0.25) is 0 Å². The van der Waals surface area contributed by atoms with Crippen LogP contribution < -0.4 is 5.32 Å². The number of nitrogens with one attached hydrogen (secondary N) is 1. The summed E-state index contributed by atoms with van der Waals surface area (Å²) in [6.07, 6.45) is 5.96. The summed E-state index contributed by atoms with van der Waals surface area (Å²) in [5.74, 6) is 0. The number of rotatable bonds is 9. The van der Waals surface area contributed by atoms with Gasteiger partial charge in [-0.1, -0.05) is 18.3 Å². The van der Waals surface area contributed by atoms with E-state index in [4.69, 9.17) is 4.74 Å². The average molecular weight is 255 g/mol. The van der Waals surface area contributed by atoms with E-state index in [1.807, 2.05) is 0 Å². The Balaban J connectivity index is 1.59. The van der Waals surface area contributed by atoms with E-state index >= 15 is 0 Å². The fourth-order valence-corrected chi connectivity index (χ4v) is 2.41. The lowest BCUT2D eigenvalue weighted by Crippen LogP contribution is -2.17. The maximum absolute atomic E-state index is 5.44. The van der Waals surface area contributed by atoms with E-state index in [0.717, 1.165) is 48.5 Å². The van der Waals surface area contributed by atoms with Gasteiger partial charge >= 0.3 is 0 Å². The summed E-state index contributed by atoms with van der Waals surface area (Å²) in [6.45, 7) is 4.64. The van der Waals surface area contributed by atoms with E-state index in [9.17, 15) is 0 Å². The lowest BCUT2D eigenvalue weighted by Gasteiger charge is -1.99. The van der Waals surface area contributed by atoms with E-state index in [1.54, 1.807) is 11.3 Å². The fourth-order valence-electron chi connectivity index (χ4n) is 1.58. The van der Waals surface area contributed by atoms with Gasteiger partial charge in [0, 0.05) is 19.1 Å². The normalized spacial score (nSPS) is 15.4. The highest BCUT2D eigenvalue weighted by Crippen LogP contribution is 2.18. The van der Waals surface area contributed by atoms with Crippen molar-refractivity contribution >= 4 is 11.3 Å². The molecule has 1 saturated carbocycles. The van der Waals surface area contributed by atoms with Crippen LogP contribution in [0.3, 0.4) is 0 Å². The number of aromatic nitrogens is 2. The van der Waals surface area contributed by atoms with Gasteiger partial charge in [-0.15, -0.1) is 10.2 Å². The SMILES string of the molecule is CCCOCc1nnc(CCCNC2CC2)s1. The van der Waals surface area contributed by atoms with Crippen LogP contribution in [0, 0.1) is 0 Å². The molecular weight excluding hydrogens is 234 g/mol. The van der Waals surface area contributed by atoms with Crippen LogP contribution in [0.5, 0.6) is 0 Å². The molecule has 0 spiro atoms. The van der Waals surface area contributed by atoms with Crippen molar-refractivity contribution in [3.05, 3.63) is 10.0 Å². The van der Waals surface area contributed by atoms with Gasteiger partial charge < -0.3 is 10.1 Å². The van der Waals surface area contributed by atoms with Gasteiger partial charge in [-0.2, -0.15) is 0 Å². The highest BCUT2D eigenvalue weighted by Gasteiger charge is 2.19.